The molecule has 2 fully saturated rings. The maximum Gasteiger partial charge on any atom is 0.293 e. The number of carbonyl (C=O) groups excluding carboxylic acids is 1. The molecule has 0 N–H and O–H groups in total. The van der Waals surface area contributed by atoms with Crippen molar-refractivity contribution < 1.29 is 4.79 Å². The molecule has 2 saturated heterocycles. The lowest BCUT2D eigenvalue weighted by atomic mass is 9.94. The van der Waals surface area contributed by atoms with Crippen LogP contribution in [0.2, 0.25) is 0 Å². The van der Waals surface area contributed by atoms with Crippen molar-refractivity contribution in [1.29, 1.82) is 0 Å². The zero-order chi connectivity index (χ0) is 15.0. The zero-order valence-electron chi connectivity index (χ0n) is 13.2. The molecule has 3 heterocycles. The SMILES string of the molecule is CC(C)CN1CCCC12CCN(C(=O)c1ncn(C)n1)C2. The second kappa shape index (κ2) is 5.40. The van der Waals surface area contributed by atoms with Crippen molar-refractivity contribution in [2.24, 2.45) is 13.0 Å². The Labute approximate surface area is 126 Å². The van der Waals surface area contributed by atoms with Gasteiger partial charge in [-0.3, -0.25) is 14.4 Å². The van der Waals surface area contributed by atoms with Crippen LogP contribution in [0.3, 0.4) is 0 Å². The van der Waals surface area contributed by atoms with Gasteiger partial charge in [0.05, 0.1) is 0 Å². The van der Waals surface area contributed by atoms with Crippen LogP contribution in [-0.2, 0) is 7.05 Å². The summed E-state index contributed by atoms with van der Waals surface area (Å²) in [5.41, 5.74) is 0.203. The fourth-order valence-corrected chi connectivity index (χ4v) is 3.79. The highest BCUT2D eigenvalue weighted by Gasteiger charge is 2.47. The third-order valence-electron chi connectivity index (χ3n) is 4.74. The molecule has 6 heteroatoms. The molecule has 2 aliphatic rings. The quantitative estimate of drug-likeness (QED) is 0.838. The van der Waals surface area contributed by atoms with Gasteiger partial charge in [0.1, 0.15) is 6.33 Å². The van der Waals surface area contributed by atoms with Gasteiger partial charge in [0, 0.05) is 32.2 Å². The summed E-state index contributed by atoms with van der Waals surface area (Å²) < 4.78 is 1.58. The number of aryl methyl sites for hydroxylation is 1. The molecule has 1 amide bonds. The highest BCUT2D eigenvalue weighted by atomic mass is 16.2. The molecular weight excluding hydrogens is 266 g/mol. The van der Waals surface area contributed by atoms with Crippen molar-refractivity contribution >= 4 is 5.91 Å². The van der Waals surface area contributed by atoms with Gasteiger partial charge < -0.3 is 4.90 Å². The first-order chi connectivity index (χ1) is 10.00. The Morgan fingerprint density at radius 3 is 2.86 bits per heavy atom. The van der Waals surface area contributed by atoms with E-state index in [9.17, 15) is 4.79 Å². The van der Waals surface area contributed by atoms with Gasteiger partial charge in [-0.25, -0.2) is 4.98 Å². The van der Waals surface area contributed by atoms with E-state index in [1.165, 1.54) is 19.4 Å². The van der Waals surface area contributed by atoms with Gasteiger partial charge in [-0.2, -0.15) is 0 Å². The molecule has 1 atom stereocenters. The predicted octanol–water partition coefficient (Wildman–Crippen LogP) is 1.15. The van der Waals surface area contributed by atoms with Crippen LogP contribution in [0, 0.1) is 5.92 Å². The van der Waals surface area contributed by atoms with E-state index in [-0.39, 0.29) is 11.4 Å². The first-order valence-corrected chi connectivity index (χ1v) is 7.90. The molecule has 116 valence electrons. The number of carbonyl (C=O) groups is 1. The van der Waals surface area contributed by atoms with Gasteiger partial charge in [0.2, 0.25) is 5.82 Å². The van der Waals surface area contributed by atoms with Crippen molar-refractivity contribution in [3.05, 3.63) is 12.2 Å². The smallest absolute Gasteiger partial charge is 0.293 e. The molecular formula is C15H25N5O. The summed E-state index contributed by atoms with van der Waals surface area (Å²) in [4.78, 5) is 21.1. The van der Waals surface area contributed by atoms with Crippen molar-refractivity contribution in [3.8, 4) is 0 Å². The Morgan fingerprint density at radius 1 is 1.38 bits per heavy atom. The summed E-state index contributed by atoms with van der Waals surface area (Å²) in [5, 5.41) is 4.14. The molecule has 3 rings (SSSR count). The van der Waals surface area contributed by atoms with Crippen LogP contribution in [-0.4, -0.2) is 62.2 Å². The molecule has 0 aromatic carbocycles. The van der Waals surface area contributed by atoms with Gasteiger partial charge >= 0.3 is 0 Å². The van der Waals surface area contributed by atoms with Gasteiger partial charge in [0.15, 0.2) is 0 Å². The van der Waals surface area contributed by atoms with E-state index < -0.39 is 0 Å². The number of aromatic nitrogens is 3. The van der Waals surface area contributed by atoms with Gasteiger partial charge in [0.25, 0.3) is 5.91 Å². The van der Waals surface area contributed by atoms with Crippen LogP contribution < -0.4 is 0 Å². The van der Waals surface area contributed by atoms with E-state index in [2.05, 4.69) is 28.8 Å². The first-order valence-electron chi connectivity index (χ1n) is 7.90. The van der Waals surface area contributed by atoms with Crippen LogP contribution in [0.25, 0.3) is 0 Å². The largest absolute Gasteiger partial charge is 0.334 e. The lowest BCUT2D eigenvalue weighted by molar-refractivity contribution is 0.0726. The minimum Gasteiger partial charge on any atom is -0.334 e. The van der Waals surface area contributed by atoms with E-state index in [0.717, 1.165) is 26.1 Å². The minimum atomic E-state index is -0.0242. The van der Waals surface area contributed by atoms with E-state index in [1.54, 1.807) is 18.1 Å². The van der Waals surface area contributed by atoms with E-state index in [1.807, 2.05) is 4.90 Å². The standard InChI is InChI=1S/C15H25N5O/c1-12(2)9-20-7-4-5-15(20)6-8-19(10-15)14(21)13-16-11-18(3)17-13/h11-12H,4-10H2,1-3H3. The Hall–Kier alpha value is -1.43. The molecule has 1 aromatic rings. The van der Waals surface area contributed by atoms with E-state index in [4.69, 9.17) is 0 Å². The molecule has 6 nitrogen and oxygen atoms in total. The highest BCUT2D eigenvalue weighted by Crippen LogP contribution is 2.38. The lowest BCUT2D eigenvalue weighted by Gasteiger charge is -2.36. The number of nitrogens with zero attached hydrogens (tertiary/aromatic N) is 5. The Kier molecular flexibility index (Phi) is 3.73. The molecule has 21 heavy (non-hydrogen) atoms. The average molecular weight is 291 g/mol. The lowest BCUT2D eigenvalue weighted by Crippen LogP contribution is -2.48. The summed E-state index contributed by atoms with van der Waals surface area (Å²) in [6, 6.07) is 0. The Bertz CT molecular complexity index is 526. The monoisotopic (exact) mass is 291 g/mol. The fraction of sp³-hybridized carbons (Fsp3) is 0.800. The van der Waals surface area contributed by atoms with Crippen molar-refractivity contribution in [1.82, 2.24) is 24.6 Å². The number of likely N-dealkylation sites (tertiary alicyclic amines) is 2. The maximum atomic E-state index is 12.5. The van der Waals surface area contributed by atoms with E-state index in [0.29, 0.717) is 11.7 Å². The number of hydrogen-bond acceptors (Lipinski definition) is 4. The first kappa shape index (κ1) is 14.5. The van der Waals surface area contributed by atoms with Crippen LogP contribution >= 0.6 is 0 Å². The summed E-state index contributed by atoms with van der Waals surface area (Å²) in [6.45, 7) is 8.48. The number of hydrogen-bond donors (Lipinski definition) is 0. The maximum absolute atomic E-state index is 12.5. The highest BCUT2D eigenvalue weighted by molar-refractivity contribution is 5.90. The van der Waals surface area contributed by atoms with Gasteiger partial charge in [-0.15, -0.1) is 5.10 Å². The second-order valence-electron chi connectivity index (χ2n) is 6.89. The molecule has 1 spiro atoms. The normalized spacial score (nSPS) is 26.4. The van der Waals surface area contributed by atoms with Crippen molar-refractivity contribution in [3.63, 3.8) is 0 Å². The van der Waals surface area contributed by atoms with Crippen LogP contribution in [0.4, 0.5) is 0 Å². The summed E-state index contributed by atoms with van der Waals surface area (Å²) in [5.74, 6) is 0.967. The molecule has 0 bridgehead atoms. The predicted molar refractivity (Wildman–Crippen MR) is 79.9 cm³/mol. The molecule has 1 aromatic heterocycles. The van der Waals surface area contributed by atoms with Crippen molar-refractivity contribution in [2.45, 2.75) is 38.6 Å². The average Bonchev–Trinajstić information content (AvgIpc) is 3.12. The van der Waals surface area contributed by atoms with Crippen LogP contribution in [0.15, 0.2) is 6.33 Å². The Balaban J connectivity index is 1.71. The van der Waals surface area contributed by atoms with Crippen molar-refractivity contribution in [2.75, 3.05) is 26.2 Å². The second-order valence-corrected chi connectivity index (χ2v) is 6.89. The summed E-state index contributed by atoms with van der Waals surface area (Å²) in [7, 11) is 1.79. The molecule has 2 aliphatic heterocycles. The third kappa shape index (κ3) is 2.69. The molecule has 0 radical (unpaired) electrons. The molecule has 0 aliphatic carbocycles. The fourth-order valence-electron chi connectivity index (χ4n) is 3.79. The van der Waals surface area contributed by atoms with Gasteiger partial charge in [-0.05, 0) is 31.7 Å². The van der Waals surface area contributed by atoms with E-state index >= 15 is 0 Å². The topological polar surface area (TPSA) is 54.3 Å². The summed E-state index contributed by atoms with van der Waals surface area (Å²) >= 11 is 0. The molecule has 1 unspecified atom stereocenters. The van der Waals surface area contributed by atoms with Crippen LogP contribution in [0.5, 0.6) is 0 Å². The number of rotatable bonds is 3. The molecule has 0 saturated carbocycles. The Morgan fingerprint density at radius 2 is 2.19 bits per heavy atom. The number of amides is 1. The summed E-state index contributed by atoms with van der Waals surface area (Å²) in [6.07, 6.45) is 5.12. The van der Waals surface area contributed by atoms with Crippen LogP contribution in [0.1, 0.15) is 43.7 Å². The third-order valence-corrected chi connectivity index (χ3v) is 4.74. The zero-order valence-corrected chi connectivity index (χ0v) is 13.2. The van der Waals surface area contributed by atoms with Gasteiger partial charge in [-0.1, -0.05) is 13.8 Å². The minimum absolute atomic E-state index is 0.0242.